The molecule has 1 aromatic rings. The van der Waals surface area contributed by atoms with Gasteiger partial charge in [-0.3, -0.25) is 9.89 Å². The molecule has 2 aliphatic rings. The van der Waals surface area contributed by atoms with Crippen LogP contribution >= 0.6 is 0 Å². The van der Waals surface area contributed by atoms with Crippen molar-refractivity contribution in [1.82, 2.24) is 15.5 Å². The minimum atomic E-state index is 0.397. The summed E-state index contributed by atoms with van der Waals surface area (Å²) in [5, 5.41) is 6.83. The second-order valence-corrected chi connectivity index (χ2v) is 7.02. The van der Waals surface area contributed by atoms with Crippen molar-refractivity contribution in [3.05, 3.63) is 29.8 Å². The number of aliphatic imine (C=N–C) groups is 1. The van der Waals surface area contributed by atoms with Gasteiger partial charge in [-0.05, 0) is 31.9 Å². The zero-order valence-electron chi connectivity index (χ0n) is 16.2. The lowest BCUT2D eigenvalue weighted by Crippen LogP contribution is -2.45. The molecule has 6 nitrogen and oxygen atoms in total. The van der Waals surface area contributed by atoms with Crippen LogP contribution in [0.4, 0.5) is 5.69 Å². The topological polar surface area (TPSA) is 52.1 Å². The van der Waals surface area contributed by atoms with E-state index in [1.807, 2.05) is 0 Å². The molecule has 0 aliphatic carbocycles. The van der Waals surface area contributed by atoms with Crippen LogP contribution in [0.3, 0.4) is 0 Å². The highest BCUT2D eigenvalue weighted by Crippen LogP contribution is 2.29. The van der Waals surface area contributed by atoms with Crippen molar-refractivity contribution in [2.24, 2.45) is 4.99 Å². The molecule has 1 unspecified atom stereocenters. The van der Waals surface area contributed by atoms with Crippen LogP contribution in [0.25, 0.3) is 0 Å². The number of para-hydroxylation sites is 1. The van der Waals surface area contributed by atoms with Gasteiger partial charge in [0.1, 0.15) is 0 Å². The number of ether oxygens (including phenoxy) is 1. The van der Waals surface area contributed by atoms with Gasteiger partial charge in [0.05, 0.1) is 19.8 Å². The number of nitrogens with zero attached hydrogens (tertiary/aromatic N) is 3. The average molecular weight is 360 g/mol. The fraction of sp³-hybridized carbons (Fsp3) is 0.650. The van der Waals surface area contributed by atoms with Gasteiger partial charge in [-0.1, -0.05) is 18.2 Å². The first-order chi connectivity index (χ1) is 12.8. The maximum atomic E-state index is 5.40. The monoisotopic (exact) mass is 359 g/mol. The van der Waals surface area contributed by atoms with E-state index in [2.05, 4.69) is 58.5 Å². The summed E-state index contributed by atoms with van der Waals surface area (Å²) in [5.41, 5.74) is 2.83. The molecule has 0 amide bonds. The summed E-state index contributed by atoms with van der Waals surface area (Å²) >= 11 is 0. The van der Waals surface area contributed by atoms with Gasteiger partial charge >= 0.3 is 0 Å². The largest absolute Gasteiger partial charge is 0.379 e. The quantitative estimate of drug-likeness (QED) is 0.568. The van der Waals surface area contributed by atoms with Crippen molar-refractivity contribution in [2.45, 2.75) is 26.3 Å². The number of nitrogens with one attached hydrogen (secondary N) is 2. The van der Waals surface area contributed by atoms with Crippen LogP contribution in [0.15, 0.2) is 29.3 Å². The molecule has 26 heavy (non-hydrogen) atoms. The zero-order chi connectivity index (χ0) is 18.2. The molecule has 144 valence electrons. The number of fused-ring (bicyclic) bond motifs is 1. The van der Waals surface area contributed by atoms with Gasteiger partial charge in [0.15, 0.2) is 5.96 Å². The number of hydrogen-bond acceptors (Lipinski definition) is 4. The van der Waals surface area contributed by atoms with E-state index < -0.39 is 0 Å². The molecule has 0 radical (unpaired) electrons. The predicted molar refractivity (Wildman–Crippen MR) is 108 cm³/mol. The van der Waals surface area contributed by atoms with Gasteiger partial charge < -0.3 is 20.3 Å². The molecule has 1 aromatic carbocycles. The lowest BCUT2D eigenvalue weighted by atomic mass is 10.2. The lowest BCUT2D eigenvalue weighted by molar-refractivity contribution is 0.0389. The summed E-state index contributed by atoms with van der Waals surface area (Å²) in [6.07, 6.45) is 1.14. The van der Waals surface area contributed by atoms with Crippen LogP contribution in [0.5, 0.6) is 0 Å². The number of rotatable bonds is 7. The van der Waals surface area contributed by atoms with Crippen LogP contribution in [-0.4, -0.2) is 75.9 Å². The Labute approximate surface area is 157 Å². The Morgan fingerprint density at radius 1 is 1.19 bits per heavy atom. The number of morpholine rings is 1. The highest BCUT2D eigenvalue weighted by molar-refractivity contribution is 5.79. The molecule has 0 spiro atoms. The Morgan fingerprint density at radius 3 is 2.81 bits per heavy atom. The van der Waals surface area contributed by atoms with E-state index in [0.29, 0.717) is 6.04 Å². The van der Waals surface area contributed by atoms with Crippen LogP contribution in [0.1, 0.15) is 19.4 Å². The summed E-state index contributed by atoms with van der Waals surface area (Å²) in [6.45, 7) is 12.8. The van der Waals surface area contributed by atoms with E-state index in [9.17, 15) is 0 Å². The minimum Gasteiger partial charge on any atom is -0.379 e. The molecular weight excluding hydrogens is 326 g/mol. The summed E-state index contributed by atoms with van der Waals surface area (Å²) in [6, 6.07) is 9.13. The fourth-order valence-electron chi connectivity index (χ4n) is 3.64. The third-order valence-electron chi connectivity index (χ3n) is 5.14. The maximum Gasteiger partial charge on any atom is 0.191 e. The first kappa shape index (κ1) is 19.0. The molecule has 2 heterocycles. The lowest BCUT2D eigenvalue weighted by Gasteiger charge is -2.27. The number of hydrogen-bond donors (Lipinski definition) is 2. The molecule has 0 bridgehead atoms. The molecule has 1 fully saturated rings. The first-order valence-corrected chi connectivity index (χ1v) is 9.94. The van der Waals surface area contributed by atoms with Crippen molar-refractivity contribution in [1.29, 1.82) is 0 Å². The number of benzene rings is 1. The Balaban J connectivity index is 1.48. The molecule has 0 saturated carbocycles. The number of anilines is 1. The van der Waals surface area contributed by atoms with E-state index in [0.717, 1.165) is 71.4 Å². The zero-order valence-corrected chi connectivity index (χ0v) is 16.2. The highest BCUT2D eigenvalue weighted by atomic mass is 16.5. The summed E-state index contributed by atoms with van der Waals surface area (Å²) in [7, 11) is 0. The Morgan fingerprint density at radius 2 is 2.00 bits per heavy atom. The number of guanidine groups is 1. The first-order valence-electron chi connectivity index (χ1n) is 9.94. The third kappa shape index (κ3) is 5.11. The Kier molecular flexibility index (Phi) is 7.14. The fourth-order valence-corrected chi connectivity index (χ4v) is 3.64. The van der Waals surface area contributed by atoms with E-state index in [1.54, 1.807) is 0 Å². The molecule has 2 aliphatic heterocycles. The van der Waals surface area contributed by atoms with E-state index in [1.165, 1.54) is 11.3 Å². The predicted octanol–water partition coefficient (Wildman–Crippen LogP) is 1.32. The Bertz CT molecular complexity index is 585. The van der Waals surface area contributed by atoms with E-state index in [-0.39, 0.29) is 0 Å². The highest BCUT2D eigenvalue weighted by Gasteiger charge is 2.22. The third-order valence-corrected chi connectivity index (χ3v) is 5.14. The van der Waals surface area contributed by atoms with Crippen LogP contribution in [-0.2, 0) is 11.2 Å². The van der Waals surface area contributed by atoms with Crippen molar-refractivity contribution >= 4 is 11.6 Å². The van der Waals surface area contributed by atoms with Crippen LogP contribution in [0, 0.1) is 0 Å². The van der Waals surface area contributed by atoms with Crippen molar-refractivity contribution < 1.29 is 4.74 Å². The van der Waals surface area contributed by atoms with Gasteiger partial charge in [-0.2, -0.15) is 0 Å². The Hall–Kier alpha value is -1.79. The summed E-state index contributed by atoms with van der Waals surface area (Å²) in [5.74, 6) is 0.917. The molecule has 6 heteroatoms. The standard InChI is InChI=1S/C20H33N5O/c1-3-21-20(22-9-11-24-12-14-26-15-13-24)23-16-17(2)25-10-8-18-6-4-5-7-19(18)25/h4-7,17H,3,8-16H2,1-2H3,(H2,21,22,23). The van der Waals surface area contributed by atoms with Crippen molar-refractivity contribution in [3.63, 3.8) is 0 Å². The normalized spacial score (nSPS) is 19.3. The van der Waals surface area contributed by atoms with E-state index >= 15 is 0 Å². The molecule has 0 aromatic heterocycles. The van der Waals surface area contributed by atoms with Crippen molar-refractivity contribution in [3.8, 4) is 0 Å². The maximum absolute atomic E-state index is 5.40. The van der Waals surface area contributed by atoms with Crippen LogP contribution < -0.4 is 15.5 Å². The van der Waals surface area contributed by atoms with Crippen molar-refractivity contribution in [2.75, 3.05) is 63.9 Å². The molecule has 2 N–H and O–H groups in total. The van der Waals surface area contributed by atoms with Gasteiger partial charge in [0.25, 0.3) is 0 Å². The minimum absolute atomic E-state index is 0.397. The SMILES string of the molecule is CCNC(=NCC(C)N1CCc2ccccc21)NCCN1CCOCC1. The molecule has 1 saturated heterocycles. The summed E-state index contributed by atoms with van der Waals surface area (Å²) in [4.78, 5) is 9.74. The van der Waals surface area contributed by atoms with Gasteiger partial charge in [-0.25, -0.2) is 0 Å². The average Bonchev–Trinajstić information content (AvgIpc) is 3.11. The summed E-state index contributed by atoms with van der Waals surface area (Å²) < 4.78 is 5.40. The second kappa shape index (κ2) is 9.78. The van der Waals surface area contributed by atoms with Gasteiger partial charge in [0.2, 0.25) is 0 Å². The second-order valence-electron chi connectivity index (χ2n) is 7.02. The van der Waals surface area contributed by atoms with Gasteiger partial charge in [0, 0.05) is 51.0 Å². The smallest absolute Gasteiger partial charge is 0.191 e. The van der Waals surface area contributed by atoms with Gasteiger partial charge in [-0.15, -0.1) is 0 Å². The van der Waals surface area contributed by atoms with Crippen LogP contribution in [0.2, 0.25) is 0 Å². The molecule has 1 atom stereocenters. The molecule has 3 rings (SSSR count). The molecular formula is C20H33N5O. The van der Waals surface area contributed by atoms with E-state index in [4.69, 9.17) is 9.73 Å².